The number of nitrogens with two attached hydrogens (primary N) is 1. The fourth-order valence-electron chi connectivity index (χ4n) is 4.25. The lowest BCUT2D eigenvalue weighted by Crippen LogP contribution is -2.07. The van der Waals surface area contributed by atoms with E-state index in [9.17, 15) is 5.26 Å². The molecule has 1 atom stereocenters. The van der Waals surface area contributed by atoms with Crippen molar-refractivity contribution in [1.29, 1.82) is 5.26 Å². The SMILES string of the molecule is Cc1ccc2c(Nc3ncnc(Nc4cc(Cl)c(C(C#N)c5ccc(Cl)cc5)cc4C)c3N)cccc2n1. The Morgan fingerprint density at radius 1 is 0.895 bits per heavy atom. The summed E-state index contributed by atoms with van der Waals surface area (Å²) in [7, 11) is 0. The molecular formula is C29H23Cl2N7. The Kier molecular flexibility index (Phi) is 7.01. The first-order valence-electron chi connectivity index (χ1n) is 11.8. The zero-order valence-electron chi connectivity index (χ0n) is 20.6. The van der Waals surface area contributed by atoms with E-state index >= 15 is 0 Å². The third kappa shape index (κ3) is 5.05. The van der Waals surface area contributed by atoms with Crippen LogP contribution in [0.4, 0.5) is 28.7 Å². The quantitative estimate of drug-likeness (QED) is 0.203. The molecule has 2 heterocycles. The third-order valence-corrected chi connectivity index (χ3v) is 6.83. The maximum absolute atomic E-state index is 9.89. The fourth-order valence-corrected chi connectivity index (χ4v) is 4.65. The van der Waals surface area contributed by atoms with Gasteiger partial charge in [0.2, 0.25) is 0 Å². The van der Waals surface area contributed by atoms with E-state index in [2.05, 4.69) is 31.7 Å². The summed E-state index contributed by atoms with van der Waals surface area (Å²) in [5.41, 5.74) is 12.6. The molecule has 0 aliphatic rings. The minimum atomic E-state index is -0.536. The van der Waals surface area contributed by atoms with Gasteiger partial charge in [0.15, 0.2) is 11.6 Å². The molecule has 188 valence electrons. The van der Waals surface area contributed by atoms with Crippen LogP contribution in [0, 0.1) is 25.2 Å². The summed E-state index contributed by atoms with van der Waals surface area (Å²) in [4.78, 5) is 13.3. The third-order valence-electron chi connectivity index (χ3n) is 6.25. The van der Waals surface area contributed by atoms with Gasteiger partial charge in [0.25, 0.3) is 0 Å². The zero-order chi connectivity index (χ0) is 26.8. The summed E-state index contributed by atoms with van der Waals surface area (Å²) < 4.78 is 0. The van der Waals surface area contributed by atoms with Crippen LogP contribution in [-0.2, 0) is 0 Å². The molecule has 0 spiro atoms. The number of fused-ring (bicyclic) bond motifs is 1. The summed E-state index contributed by atoms with van der Waals surface area (Å²) >= 11 is 12.7. The highest BCUT2D eigenvalue weighted by molar-refractivity contribution is 6.32. The minimum absolute atomic E-state index is 0.347. The highest BCUT2D eigenvalue weighted by Crippen LogP contribution is 2.37. The summed E-state index contributed by atoms with van der Waals surface area (Å²) in [6, 6.07) is 23.0. The molecule has 4 N–H and O–H groups in total. The lowest BCUT2D eigenvalue weighted by Gasteiger charge is -2.18. The highest BCUT2D eigenvalue weighted by atomic mass is 35.5. The van der Waals surface area contributed by atoms with Gasteiger partial charge in [-0.2, -0.15) is 5.26 Å². The Bertz CT molecular complexity index is 1690. The van der Waals surface area contributed by atoms with Crippen molar-refractivity contribution in [3.8, 4) is 6.07 Å². The van der Waals surface area contributed by atoms with Crippen LogP contribution in [0.25, 0.3) is 10.9 Å². The molecule has 0 saturated carbocycles. The fraction of sp³-hybridized carbons (Fsp3) is 0.103. The highest BCUT2D eigenvalue weighted by Gasteiger charge is 2.19. The Morgan fingerprint density at radius 2 is 1.61 bits per heavy atom. The van der Waals surface area contributed by atoms with Gasteiger partial charge in [0, 0.05) is 32.5 Å². The molecule has 0 amide bonds. The van der Waals surface area contributed by atoms with Crippen molar-refractivity contribution in [3.63, 3.8) is 0 Å². The average Bonchev–Trinajstić information content (AvgIpc) is 2.90. The van der Waals surface area contributed by atoms with E-state index in [1.807, 2.05) is 62.4 Å². The first-order valence-corrected chi connectivity index (χ1v) is 12.6. The summed E-state index contributed by atoms with van der Waals surface area (Å²) in [5.74, 6) is 0.354. The van der Waals surface area contributed by atoms with Crippen molar-refractivity contribution < 1.29 is 0 Å². The van der Waals surface area contributed by atoms with E-state index in [0.717, 1.165) is 33.4 Å². The molecule has 1 unspecified atom stereocenters. The van der Waals surface area contributed by atoms with E-state index in [0.29, 0.717) is 38.6 Å². The second-order valence-corrected chi connectivity index (χ2v) is 9.71. The molecule has 0 bridgehead atoms. The number of nitrogens with one attached hydrogen (secondary N) is 2. The van der Waals surface area contributed by atoms with Crippen molar-refractivity contribution in [2.45, 2.75) is 19.8 Å². The van der Waals surface area contributed by atoms with Gasteiger partial charge in [-0.1, -0.05) is 47.5 Å². The number of benzene rings is 3. The normalized spacial score (nSPS) is 11.7. The van der Waals surface area contributed by atoms with Gasteiger partial charge in [-0.05, 0) is 73.0 Å². The average molecular weight is 540 g/mol. The van der Waals surface area contributed by atoms with E-state index in [4.69, 9.17) is 28.9 Å². The van der Waals surface area contributed by atoms with Gasteiger partial charge >= 0.3 is 0 Å². The number of aryl methyl sites for hydroxylation is 2. The number of aromatic nitrogens is 3. The van der Waals surface area contributed by atoms with Gasteiger partial charge in [0.1, 0.15) is 12.0 Å². The Labute approximate surface area is 230 Å². The lowest BCUT2D eigenvalue weighted by atomic mass is 9.91. The lowest BCUT2D eigenvalue weighted by molar-refractivity contribution is 1.03. The monoisotopic (exact) mass is 539 g/mol. The Balaban J connectivity index is 1.44. The first kappa shape index (κ1) is 25.3. The number of hydrogen-bond donors (Lipinski definition) is 3. The van der Waals surface area contributed by atoms with Crippen LogP contribution in [0.2, 0.25) is 10.0 Å². The molecule has 9 heteroatoms. The maximum Gasteiger partial charge on any atom is 0.159 e. The topological polar surface area (TPSA) is 113 Å². The molecule has 7 nitrogen and oxygen atoms in total. The smallest absolute Gasteiger partial charge is 0.159 e. The summed E-state index contributed by atoms with van der Waals surface area (Å²) in [6.45, 7) is 3.89. The van der Waals surface area contributed by atoms with Gasteiger partial charge in [-0.3, -0.25) is 4.98 Å². The second-order valence-electron chi connectivity index (χ2n) is 8.86. The number of nitriles is 1. The van der Waals surface area contributed by atoms with Crippen LogP contribution in [-0.4, -0.2) is 15.0 Å². The molecule has 5 rings (SSSR count). The van der Waals surface area contributed by atoms with Crippen LogP contribution in [0.5, 0.6) is 0 Å². The number of hydrogen-bond acceptors (Lipinski definition) is 7. The molecule has 3 aromatic carbocycles. The van der Waals surface area contributed by atoms with Crippen molar-refractivity contribution in [2.24, 2.45) is 0 Å². The molecule has 0 radical (unpaired) electrons. The van der Waals surface area contributed by atoms with Crippen LogP contribution < -0.4 is 16.4 Å². The predicted molar refractivity (Wildman–Crippen MR) is 155 cm³/mol. The Hall–Kier alpha value is -4.38. The van der Waals surface area contributed by atoms with Gasteiger partial charge in [-0.25, -0.2) is 9.97 Å². The van der Waals surface area contributed by atoms with Crippen LogP contribution in [0.1, 0.15) is 28.3 Å². The molecule has 0 saturated heterocycles. The number of rotatable bonds is 6. The summed E-state index contributed by atoms with van der Waals surface area (Å²) in [6.07, 6.45) is 1.44. The van der Waals surface area contributed by atoms with Crippen molar-refractivity contribution in [3.05, 3.63) is 105 Å². The molecule has 5 aromatic rings. The molecular weight excluding hydrogens is 517 g/mol. The minimum Gasteiger partial charge on any atom is -0.393 e. The number of nitrogens with zero attached hydrogens (tertiary/aromatic N) is 4. The second kappa shape index (κ2) is 10.5. The van der Waals surface area contributed by atoms with E-state index in [-0.39, 0.29) is 0 Å². The largest absolute Gasteiger partial charge is 0.393 e. The molecule has 0 aliphatic carbocycles. The van der Waals surface area contributed by atoms with Crippen LogP contribution >= 0.6 is 23.2 Å². The molecule has 0 aliphatic heterocycles. The van der Waals surface area contributed by atoms with E-state index in [1.165, 1.54) is 6.33 Å². The molecule has 38 heavy (non-hydrogen) atoms. The Morgan fingerprint density at radius 3 is 2.32 bits per heavy atom. The zero-order valence-corrected chi connectivity index (χ0v) is 22.1. The van der Waals surface area contributed by atoms with Crippen LogP contribution in [0.15, 0.2) is 73.1 Å². The number of halogens is 2. The van der Waals surface area contributed by atoms with Crippen molar-refractivity contribution >= 4 is 62.8 Å². The van der Waals surface area contributed by atoms with E-state index in [1.54, 1.807) is 18.2 Å². The van der Waals surface area contributed by atoms with Crippen molar-refractivity contribution in [2.75, 3.05) is 16.4 Å². The van der Waals surface area contributed by atoms with Crippen LogP contribution in [0.3, 0.4) is 0 Å². The van der Waals surface area contributed by atoms with Crippen molar-refractivity contribution in [1.82, 2.24) is 15.0 Å². The van der Waals surface area contributed by atoms with Gasteiger partial charge < -0.3 is 16.4 Å². The number of nitrogen functional groups attached to an aromatic ring is 1. The number of pyridine rings is 1. The maximum atomic E-state index is 9.89. The standard InChI is InChI=1S/C29H23Cl2N7/c1-16-12-21(22(14-32)18-7-9-19(30)10-8-18)23(31)13-26(16)38-29-27(33)28(34-15-35-29)37-25-5-3-4-24-20(25)11-6-17(2)36-24/h3-13,15,22H,33H2,1-2H3,(H2,34,35,37,38). The number of anilines is 5. The molecule has 0 fully saturated rings. The van der Waals surface area contributed by atoms with Gasteiger partial charge in [0.05, 0.1) is 17.5 Å². The predicted octanol–water partition coefficient (Wildman–Crippen LogP) is 7.67. The first-order chi connectivity index (χ1) is 18.3. The molecule has 2 aromatic heterocycles. The van der Waals surface area contributed by atoms with Gasteiger partial charge in [-0.15, -0.1) is 0 Å². The van der Waals surface area contributed by atoms with E-state index < -0.39 is 5.92 Å². The summed E-state index contributed by atoms with van der Waals surface area (Å²) in [5, 5.41) is 18.5.